The summed E-state index contributed by atoms with van der Waals surface area (Å²) >= 11 is 0. The molecule has 0 aliphatic carbocycles. The predicted molar refractivity (Wildman–Crippen MR) is 97.6 cm³/mol. The summed E-state index contributed by atoms with van der Waals surface area (Å²) < 4.78 is 68.8. The number of hydrogen-bond donors (Lipinski definition) is 1. The topological polar surface area (TPSA) is 85.2 Å². The number of nitrogens with one attached hydrogen (secondary N) is 1. The molecule has 3 aromatic rings. The second-order valence-electron chi connectivity index (χ2n) is 5.53. The number of amides is 1. The van der Waals surface area contributed by atoms with Crippen molar-refractivity contribution >= 4 is 22.8 Å². The van der Waals surface area contributed by atoms with Gasteiger partial charge in [0.1, 0.15) is 0 Å². The van der Waals surface area contributed by atoms with Gasteiger partial charge in [-0.05, 0) is 11.6 Å². The first-order chi connectivity index (χ1) is 15.6. The minimum atomic E-state index is -3.23. The summed E-state index contributed by atoms with van der Waals surface area (Å²) in [4.78, 5) is 21.1. The second kappa shape index (κ2) is 7.19. The minimum absolute atomic E-state index is 0.138. The van der Waals surface area contributed by atoms with E-state index in [1.54, 1.807) is 30.1 Å². The number of ether oxygens (including phenoxy) is 1. The van der Waals surface area contributed by atoms with Crippen LogP contribution >= 0.6 is 0 Å². The zero-order valence-electron chi connectivity index (χ0n) is 21.7. The summed E-state index contributed by atoms with van der Waals surface area (Å²) in [5.41, 5.74) is 2.18. The molecule has 8 heteroatoms. The number of nitrogens with zero attached hydrogens (tertiary/aromatic N) is 5. The van der Waals surface area contributed by atoms with Crippen LogP contribution in [-0.4, -0.2) is 63.2 Å². The molecule has 1 aromatic carbocycles. The smallest absolute Gasteiger partial charge is 0.240 e. The number of hydrogen-bond acceptors (Lipinski definition) is 6. The first-order valence-electron chi connectivity index (χ1n) is 11.7. The molecule has 2 aromatic heterocycles. The van der Waals surface area contributed by atoms with Gasteiger partial charge in [-0.3, -0.25) is 19.7 Å². The Balaban J connectivity index is 1.58. The molecule has 1 fully saturated rings. The highest BCUT2D eigenvalue weighted by atomic mass is 16.5. The monoisotopic (exact) mass is 360 g/mol. The Kier molecular flexibility index (Phi) is 2.69. The first kappa shape index (κ1) is 9.75. The van der Waals surface area contributed by atoms with Gasteiger partial charge in [-0.1, -0.05) is 12.1 Å². The van der Waals surface area contributed by atoms with Crippen LogP contribution in [0, 0.1) is 0 Å². The van der Waals surface area contributed by atoms with E-state index in [0.29, 0.717) is 10.9 Å². The van der Waals surface area contributed by atoms with Gasteiger partial charge in [0.2, 0.25) is 11.9 Å². The fourth-order valence-electron chi connectivity index (χ4n) is 2.43. The fraction of sp³-hybridized carbons (Fsp3) is 0.333. The highest BCUT2D eigenvalue weighted by Crippen LogP contribution is 2.23. The van der Waals surface area contributed by atoms with Crippen LogP contribution in [0.5, 0.6) is 0 Å². The minimum Gasteiger partial charge on any atom is -0.379 e. The number of morpholine rings is 1. The van der Waals surface area contributed by atoms with Crippen LogP contribution in [0.25, 0.3) is 22.0 Å². The Morgan fingerprint density at radius 2 is 2.15 bits per heavy atom. The number of aryl methyl sites for hydroxylation is 1. The van der Waals surface area contributed by atoms with Gasteiger partial charge >= 0.3 is 0 Å². The maximum Gasteiger partial charge on any atom is 0.240 e. The van der Waals surface area contributed by atoms with Gasteiger partial charge in [0.15, 0.2) is 0 Å². The van der Waals surface area contributed by atoms with E-state index in [4.69, 9.17) is 11.0 Å². The van der Waals surface area contributed by atoms with Crippen molar-refractivity contribution in [2.45, 2.75) is 0 Å². The average Bonchev–Trinajstić information content (AvgIpc) is 3.16. The molecular weight excluding hydrogens is 332 g/mol. The van der Waals surface area contributed by atoms with Crippen molar-refractivity contribution in [1.29, 1.82) is 0 Å². The van der Waals surface area contributed by atoms with Gasteiger partial charge < -0.3 is 4.74 Å². The van der Waals surface area contributed by atoms with Crippen LogP contribution in [0.4, 0.5) is 5.95 Å². The molecule has 0 saturated carbocycles. The number of rotatable bonds is 4. The summed E-state index contributed by atoms with van der Waals surface area (Å²) in [6, 6.07) is 5.43. The third-order valence-electron chi connectivity index (χ3n) is 3.64. The number of fused-ring (bicyclic) bond motifs is 1. The van der Waals surface area contributed by atoms with E-state index in [9.17, 15) is 4.79 Å². The van der Waals surface area contributed by atoms with Crippen molar-refractivity contribution in [2.75, 3.05) is 38.0 Å². The second-order valence-corrected chi connectivity index (χ2v) is 5.53. The van der Waals surface area contributed by atoms with E-state index in [-0.39, 0.29) is 10.8 Å². The molecule has 0 radical (unpaired) electrons. The van der Waals surface area contributed by atoms with E-state index in [1.165, 1.54) is 6.20 Å². The largest absolute Gasteiger partial charge is 0.379 e. The fourth-order valence-corrected chi connectivity index (χ4v) is 2.43. The molecule has 1 N–H and O–H groups in total. The molecule has 0 atom stereocenters. The van der Waals surface area contributed by atoms with Crippen molar-refractivity contribution in [1.82, 2.24) is 24.6 Å². The van der Waals surface area contributed by atoms with E-state index >= 15 is 0 Å². The van der Waals surface area contributed by atoms with Crippen molar-refractivity contribution < 1.29 is 20.5 Å². The van der Waals surface area contributed by atoms with Gasteiger partial charge in [-0.25, -0.2) is 9.97 Å². The van der Waals surface area contributed by atoms with Gasteiger partial charge in [0, 0.05) is 48.9 Å². The lowest BCUT2D eigenvalue weighted by molar-refractivity contribution is -0.118. The molecule has 4 rings (SSSR count). The van der Waals surface area contributed by atoms with Crippen LogP contribution in [0.15, 0.2) is 36.8 Å². The molecule has 26 heavy (non-hydrogen) atoms. The van der Waals surface area contributed by atoms with E-state index in [1.807, 2.05) is 12.3 Å². The highest BCUT2D eigenvalue weighted by Gasteiger charge is 2.15. The zero-order valence-corrected chi connectivity index (χ0v) is 13.7. The van der Waals surface area contributed by atoms with Crippen LogP contribution in [0.1, 0.15) is 11.0 Å². The summed E-state index contributed by atoms with van der Waals surface area (Å²) in [5, 5.41) is 7.15. The molecule has 8 nitrogen and oxygen atoms in total. The number of aromatic nitrogens is 4. The van der Waals surface area contributed by atoms with Crippen LogP contribution in [0.2, 0.25) is 0 Å². The number of benzene rings is 1. The third kappa shape index (κ3) is 3.71. The molecule has 3 heterocycles. The average molecular weight is 360 g/mol. The summed E-state index contributed by atoms with van der Waals surface area (Å²) in [6.45, 7) is -13.8. The Bertz CT molecular complexity index is 1240. The molecule has 0 bridgehead atoms. The summed E-state index contributed by atoms with van der Waals surface area (Å²) in [5.74, 6) is -1.11. The Morgan fingerprint density at radius 1 is 1.31 bits per heavy atom. The lowest BCUT2D eigenvalue weighted by Gasteiger charge is -2.25. The molecular formula is C18H20N6O2. The molecule has 1 saturated heterocycles. The predicted octanol–water partition coefficient (Wildman–Crippen LogP) is 1.30. The summed E-state index contributed by atoms with van der Waals surface area (Å²) in [7, 11) is 1.79. The standard InChI is InChI=1S/C18H20N6O2/c1-23-11-15(10-20-23)13-2-3-14-9-19-18(21-16(14)8-13)22-17(25)12-24-4-6-26-7-5-24/h2-3,8-11H,4-7,12H2,1H3,(H,19,21,22,25)/i4D2,5D2,6D2,7D2. The summed E-state index contributed by atoms with van der Waals surface area (Å²) in [6.07, 6.45) is 4.98. The molecule has 0 spiro atoms. The molecule has 134 valence electrons. The molecule has 1 aliphatic heterocycles. The van der Waals surface area contributed by atoms with Gasteiger partial charge in [-0.2, -0.15) is 5.10 Å². The Morgan fingerprint density at radius 3 is 2.92 bits per heavy atom. The van der Waals surface area contributed by atoms with Crippen molar-refractivity contribution in [3.05, 3.63) is 36.8 Å². The van der Waals surface area contributed by atoms with E-state index < -0.39 is 38.6 Å². The maximum atomic E-state index is 12.6. The van der Waals surface area contributed by atoms with E-state index in [0.717, 1.165) is 11.1 Å². The highest BCUT2D eigenvalue weighted by molar-refractivity contribution is 5.92. The third-order valence-corrected chi connectivity index (χ3v) is 3.64. The maximum absolute atomic E-state index is 12.6. The van der Waals surface area contributed by atoms with Gasteiger partial charge in [0.25, 0.3) is 0 Å². The van der Waals surface area contributed by atoms with Crippen molar-refractivity contribution in [3.63, 3.8) is 0 Å². The molecule has 0 unspecified atom stereocenters. The number of anilines is 1. The van der Waals surface area contributed by atoms with Crippen molar-refractivity contribution in [2.24, 2.45) is 7.05 Å². The number of carbonyl (C=O) groups is 1. The number of carbonyl (C=O) groups excluding carboxylic acids is 1. The lowest BCUT2D eigenvalue weighted by atomic mass is 10.1. The Labute approximate surface area is 162 Å². The SMILES string of the molecule is [2H]C1([2H])OC([2H])([2H])C([2H])([2H])N(CC(=O)Nc2ncc3ccc(-c4cnn(C)c4)cc3n2)C1([2H])[2H]. The normalized spacial score (nSPS) is 27.6. The molecule has 1 amide bonds. The van der Waals surface area contributed by atoms with E-state index in [2.05, 4.69) is 25.1 Å². The zero-order chi connectivity index (χ0) is 25.1. The lowest BCUT2D eigenvalue weighted by Crippen LogP contribution is -2.41. The van der Waals surface area contributed by atoms with Crippen LogP contribution in [-0.2, 0) is 16.6 Å². The molecule has 1 aliphatic rings. The quantitative estimate of drug-likeness (QED) is 0.755. The first-order valence-corrected chi connectivity index (χ1v) is 7.68. The van der Waals surface area contributed by atoms with Crippen LogP contribution in [0.3, 0.4) is 0 Å². The van der Waals surface area contributed by atoms with Crippen molar-refractivity contribution in [3.8, 4) is 11.1 Å². The van der Waals surface area contributed by atoms with Crippen LogP contribution < -0.4 is 5.32 Å². The van der Waals surface area contributed by atoms with Gasteiger partial charge in [-0.15, -0.1) is 0 Å². The Hall–Kier alpha value is -2.84. The van der Waals surface area contributed by atoms with Gasteiger partial charge in [0.05, 0.1) is 36.9 Å².